The molecule has 0 heterocycles. The van der Waals surface area contributed by atoms with Crippen LogP contribution in [-0.2, 0) is 0 Å². The van der Waals surface area contributed by atoms with Crippen molar-refractivity contribution < 1.29 is 9.66 Å². The van der Waals surface area contributed by atoms with E-state index in [1.807, 2.05) is 7.05 Å². The van der Waals surface area contributed by atoms with E-state index >= 15 is 0 Å². The topological polar surface area (TPSA) is 64.4 Å². The first-order valence-electron chi connectivity index (χ1n) is 4.97. The minimum Gasteiger partial charge on any atom is -0.487 e. The summed E-state index contributed by atoms with van der Waals surface area (Å²) < 4.78 is 5.31. The highest BCUT2D eigenvalue weighted by atomic mass is 35.5. The lowest BCUT2D eigenvalue weighted by atomic mass is 10.3. The third-order valence-electron chi connectivity index (χ3n) is 2.03. The minimum absolute atomic E-state index is 0.139. The Balaban J connectivity index is 2.81. The van der Waals surface area contributed by atoms with Gasteiger partial charge in [-0.3, -0.25) is 10.1 Å². The van der Waals surface area contributed by atoms with Crippen LogP contribution in [0.3, 0.4) is 0 Å². The molecule has 0 spiro atoms. The number of nitro benzene ring substituents is 1. The highest BCUT2D eigenvalue weighted by Gasteiger charge is 2.18. The highest BCUT2D eigenvalue weighted by molar-refractivity contribution is 6.42. The summed E-state index contributed by atoms with van der Waals surface area (Å²) in [6.07, 6.45) is 0.744. The Morgan fingerprint density at radius 3 is 2.65 bits per heavy atom. The van der Waals surface area contributed by atoms with Crippen LogP contribution in [0.5, 0.6) is 5.75 Å². The molecule has 0 aliphatic carbocycles. The molecule has 94 valence electrons. The van der Waals surface area contributed by atoms with Crippen LogP contribution in [-0.4, -0.2) is 25.1 Å². The second-order valence-corrected chi connectivity index (χ2v) is 4.11. The number of hydrogen-bond donors (Lipinski definition) is 1. The van der Waals surface area contributed by atoms with Crippen LogP contribution in [0.4, 0.5) is 5.69 Å². The van der Waals surface area contributed by atoms with Gasteiger partial charge < -0.3 is 10.1 Å². The molecule has 0 radical (unpaired) electrons. The van der Waals surface area contributed by atoms with E-state index in [0.717, 1.165) is 13.0 Å². The SMILES string of the molecule is CNCCCOc1cc(Cl)c(Cl)cc1[N+](=O)[O-]. The van der Waals surface area contributed by atoms with Crippen molar-refractivity contribution in [2.24, 2.45) is 0 Å². The van der Waals surface area contributed by atoms with Crippen molar-refractivity contribution in [3.05, 3.63) is 32.3 Å². The molecule has 0 amide bonds. The molecule has 0 fully saturated rings. The molecule has 1 N–H and O–H groups in total. The first-order valence-corrected chi connectivity index (χ1v) is 5.72. The average Bonchev–Trinajstić information content (AvgIpc) is 2.28. The monoisotopic (exact) mass is 278 g/mol. The molecule has 5 nitrogen and oxygen atoms in total. The molecule has 0 aliphatic rings. The van der Waals surface area contributed by atoms with Crippen molar-refractivity contribution in [1.82, 2.24) is 5.32 Å². The van der Waals surface area contributed by atoms with E-state index in [-0.39, 0.29) is 21.5 Å². The normalized spacial score (nSPS) is 10.3. The minimum atomic E-state index is -0.546. The van der Waals surface area contributed by atoms with Crippen molar-refractivity contribution in [3.63, 3.8) is 0 Å². The van der Waals surface area contributed by atoms with E-state index in [0.29, 0.717) is 6.61 Å². The van der Waals surface area contributed by atoms with Gasteiger partial charge in [-0.15, -0.1) is 0 Å². The quantitative estimate of drug-likeness (QED) is 0.494. The highest BCUT2D eigenvalue weighted by Crippen LogP contribution is 2.35. The second-order valence-electron chi connectivity index (χ2n) is 3.30. The second kappa shape index (κ2) is 6.64. The maximum Gasteiger partial charge on any atom is 0.312 e. The van der Waals surface area contributed by atoms with E-state index in [9.17, 15) is 10.1 Å². The molecule has 0 saturated heterocycles. The Morgan fingerprint density at radius 1 is 1.41 bits per heavy atom. The van der Waals surface area contributed by atoms with Gasteiger partial charge in [0.2, 0.25) is 0 Å². The number of rotatable bonds is 6. The summed E-state index contributed by atoms with van der Waals surface area (Å²) in [4.78, 5) is 10.2. The largest absolute Gasteiger partial charge is 0.487 e. The summed E-state index contributed by atoms with van der Waals surface area (Å²) in [6.45, 7) is 1.15. The molecule has 1 rings (SSSR count). The van der Waals surface area contributed by atoms with Gasteiger partial charge in [-0.2, -0.15) is 0 Å². The van der Waals surface area contributed by atoms with Gasteiger partial charge in [-0.25, -0.2) is 0 Å². The fraction of sp³-hybridized carbons (Fsp3) is 0.400. The standard InChI is InChI=1S/C10H12Cl2N2O3/c1-13-3-2-4-17-10-6-8(12)7(11)5-9(10)14(15)16/h5-6,13H,2-4H2,1H3. The zero-order chi connectivity index (χ0) is 12.8. The molecular formula is C10H12Cl2N2O3. The Labute approximate surface area is 109 Å². The summed E-state index contributed by atoms with van der Waals surface area (Å²) >= 11 is 11.5. The Kier molecular flexibility index (Phi) is 5.47. The molecule has 0 unspecified atom stereocenters. The van der Waals surface area contributed by atoms with Crippen molar-refractivity contribution in [1.29, 1.82) is 0 Å². The van der Waals surface area contributed by atoms with E-state index in [1.165, 1.54) is 12.1 Å². The van der Waals surface area contributed by atoms with Crippen molar-refractivity contribution in [3.8, 4) is 5.75 Å². The summed E-state index contributed by atoms with van der Waals surface area (Å²) in [6, 6.07) is 2.55. The number of ether oxygens (including phenoxy) is 1. The molecule has 7 heteroatoms. The summed E-state index contributed by atoms with van der Waals surface area (Å²) in [5.41, 5.74) is -0.177. The fourth-order valence-electron chi connectivity index (χ4n) is 1.21. The number of nitrogens with one attached hydrogen (secondary N) is 1. The number of benzene rings is 1. The van der Waals surface area contributed by atoms with E-state index in [4.69, 9.17) is 27.9 Å². The molecular weight excluding hydrogens is 267 g/mol. The molecule has 0 saturated carbocycles. The molecule has 17 heavy (non-hydrogen) atoms. The van der Waals surface area contributed by atoms with Gasteiger partial charge in [0.15, 0.2) is 5.75 Å². The zero-order valence-electron chi connectivity index (χ0n) is 9.20. The first kappa shape index (κ1) is 14.0. The maximum absolute atomic E-state index is 10.8. The average molecular weight is 279 g/mol. The van der Waals surface area contributed by atoms with Crippen LogP contribution in [0.15, 0.2) is 12.1 Å². The lowest BCUT2D eigenvalue weighted by Gasteiger charge is -2.07. The zero-order valence-corrected chi connectivity index (χ0v) is 10.7. The third kappa shape index (κ3) is 4.03. The predicted octanol–water partition coefficient (Wildman–Crippen LogP) is 2.89. The number of hydrogen-bond acceptors (Lipinski definition) is 4. The van der Waals surface area contributed by atoms with Crippen LogP contribution in [0.1, 0.15) is 6.42 Å². The van der Waals surface area contributed by atoms with E-state index in [1.54, 1.807) is 0 Å². The summed E-state index contributed by atoms with van der Waals surface area (Å²) in [5.74, 6) is 0.139. The number of nitro groups is 1. The molecule has 0 atom stereocenters. The summed E-state index contributed by atoms with van der Waals surface area (Å²) in [5, 5.41) is 14.1. The maximum atomic E-state index is 10.8. The van der Waals surface area contributed by atoms with Crippen LogP contribution in [0.2, 0.25) is 10.0 Å². The van der Waals surface area contributed by atoms with Crippen molar-refractivity contribution in [2.75, 3.05) is 20.2 Å². The molecule has 0 bridgehead atoms. The van der Waals surface area contributed by atoms with Gasteiger partial charge >= 0.3 is 5.69 Å². The van der Waals surface area contributed by atoms with Crippen molar-refractivity contribution >= 4 is 28.9 Å². The first-order chi connectivity index (χ1) is 8.06. The van der Waals surface area contributed by atoms with Gasteiger partial charge in [0.1, 0.15) is 0 Å². The van der Waals surface area contributed by atoms with Gasteiger partial charge in [0.05, 0.1) is 21.6 Å². The third-order valence-corrected chi connectivity index (χ3v) is 2.75. The van der Waals surface area contributed by atoms with Gasteiger partial charge in [0, 0.05) is 12.1 Å². The smallest absolute Gasteiger partial charge is 0.312 e. The molecule has 1 aromatic carbocycles. The van der Waals surface area contributed by atoms with Crippen LogP contribution >= 0.6 is 23.2 Å². The lowest BCUT2D eigenvalue weighted by molar-refractivity contribution is -0.385. The van der Waals surface area contributed by atoms with Crippen LogP contribution < -0.4 is 10.1 Å². The fourth-order valence-corrected chi connectivity index (χ4v) is 1.52. The van der Waals surface area contributed by atoms with E-state index < -0.39 is 4.92 Å². The predicted molar refractivity (Wildman–Crippen MR) is 67.2 cm³/mol. The van der Waals surface area contributed by atoms with E-state index in [2.05, 4.69) is 5.32 Å². The molecule has 1 aromatic rings. The summed E-state index contributed by atoms with van der Waals surface area (Å²) in [7, 11) is 1.82. The Hall–Kier alpha value is -1.04. The van der Waals surface area contributed by atoms with Gasteiger partial charge in [-0.1, -0.05) is 23.2 Å². The van der Waals surface area contributed by atoms with Crippen molar-refractivity contribution in [2.45, 2.75) is 6.42 Å². The molecule has 0 aromatic heterocycles. The lowest BCUT2D eigenvalue weighted by Crippen LogP contribution is -2.11. The van der Waals surface area contributed by atoms with Gasteiger partial charge in [-0.05, 0) is 20.0 Å². The number of nitrogens with zero attached hydrogens (tertiary/aromatic N) is 1. The Morgan fingerprint density at radius 2 is 2.06 bits per heavy atom. The van der Waals surface area contributed by atoms with Gasteiger partial charge in [0.25, 0.3) is 0 Å². The van der Waals surface area contributed by atoms with Crippen LogP contribution in [0, 0.1) is 10.1 Å². The number of halogens is 2. The Bertz CT molecular complexity index is 413. The van der Waals surface area contributed by atoms with Crippen LogP contribution in [0.25, 0.3) is 0 Å². The molecule has 0 aliphatic heterocycles.